The predicted molar refractivity (Wildman–Crippen MR) is 100 cm³/mol. The van der Waals surface area contributed by atoms with E-state index >= 15 is 0 Å². The second kappa shape index (κ2) is 8.12. The monoisotopic (exact) mass is 394 g/mol. The number of hydrogen-bond donors (Lipinski definition) is 1. The van der Waals surface area contributed by atoms with Gasteiger partial charge in [-0.05, 0) is 39.7 Å². The van der Waals surface area contributed by atoms with Crippen molar-refractivity contribution in [1.29, 1.82) is 0 Å². The number of H-pyrrole nitrogens is 1. The van der Waals surface area contributed by atoms with Gasteiger partial charge in [0.25, 0.3) is 15.1 Å². The lowest BCUT2D eigenvalue weighted by Gasteiger charge is -2.19. The Morgan fingerprint density at radius 3 is 2.52 bits per heavy atom. The highest BCUT2D eigenvalue weighted by Crippen LogP contribution is 2.32. The molecule has 1 N–H and O–H groups in total. The Hall–Kier alpha value is -2.36. The Morgan fingerprint density at radius 2 is 1.93 bits per heavy atom. The maximum atomic E-state index is 12.6. The zero-order valence-electron chi connectivity index (χ0n) is 16.0. The minimum atomic E-state index is -2.66. The largest absolute Gasteiger partial charge is 0.345 e. The van der Waals surface area contributed by atoms with Crippen molar-refractivity contribution in [3.8, 4) is 5.95 Å². The van der Waals surface area contributed by atoms with Gasteiger partial charge in [0.2, 0.25) is 5.95 Å². The Kier molecular flexibility index (Phi) is 5.83. The molecule has 1 aliphatic carbocycles. The third-order valence-corrected chi connectivity index (χ3v) is 5.68. The van der Waals surface area contributed by atoms with E-state index in [4.69, 9.17) is 0 Å². The van der Waals surface area contributed by atoms with E-state index < -0.39 is 16.3 Å². The van der Waals surface area contributed by atoms with E-state index in [9.17, 15) is 13.2 Å². The molecule has 2 aromatic heterocycles. The summed E-state index contributed by atoms with van der Waals surface area (Å²) >= 11 is 0. The van der Waals surface area contributed by atoms with Crippen LogP contribution in [0.5, 0.6) is 0 Å². The van der Waals surface area contributed by atoms with Gasteiger partial charge >= 0.3 is 6.03 Å². The average molecular weight is 395 g/mol. The number of carbonyl (C=O) groups is 1. The molecule has 3 rings (SSSR count). The van der Waals surface area contributed by atoms with E-state index in [2.05, 4.69) is 15.2 Å². The molecule has 2 heterocycles. The minimum absolute atomic E-state index is 0.217. The van der Waals surface area contributed by atoms with Crippen LogP contribution in [-0.2, 0) is 10.3 Å². The molecular formula is C17H26N6O3S. The number of carbonyl (C=O) groups excluding carboxylic acids is 1. The molecule has 0 aromatic carbocycles. The number of amides is 1. The summed E-state index contributed by atoms with van der Waals surface area (Å²) in [6.07, 6.45) is 5.90. The van der Waals surface area contributed by atoms with Crippen molar-refractivity contribution < 1.29 is 13.2 Å². The molecule has 9 nitrogen and oxygen atoms in total. The van der Waals surface area contributed by atoms with Crippen LogP contribution in [0.1, 0.15) is 63.3 Å². The van der Waals surface area contributed by atoms with Gasteiger partial charge in [0.1, 0.15) is 0 Å². The number of hydrogen-bond acceptors (Lipinski definition) is 5. The van der Waals surface area contributed by atoms with Crippen LogP contribution in [0.25, 0.3) is 5.95 Å². The van der Waals surface area contributed by atoms with Crippen molar-refractivity contribution in [2.45, 2.75) is 58.8 Å². The lowest BCUT2D eigenvalue weighted by molar-refractivity contribution is 0.201. The van der Waals surface area contributed by atoms with E-state index in [1.165, 1.54) is 24.2 Å². The van der Waals surface area contributed by atoms with Crippen LogP contribution in [0, 0.1) is 11.7 Å². The molecule has 0 radical (unpaired) electrons. The van der Waals surface area contributed by atoms with Gasteiger partial charge in [-0.1, -0.05) is 19.3 Å². The molecule has 1 saturated carbocycles. The molecule has 10 heteroatoms. The molecule has 0 atom stereocenters. The lowest BCUT2D eigenvalue weighted by Crippen LogP contribution is -2.35. The number of nitrogens with one attached hydrogen (secondary N) is 1. The predicted octanol–water partition coefficient (Wildman–Crippen LogP) is 2.47. The van der Waals surface area contributed by atoms with Crippen LogP contribution in [0.15, 0.2) is 6.07 Å². The van der Waals surface area contributed by atoms with Crippen LogP contribution < -0.4 is 0 Å². The summed E-state index contributed by atoms with van der Waals surface area (Å²) < 4.78 is 25.4. The molecule has 1 aliphatic rings. The normalized spacial score (nSPS) is 15.1. The van der Waals surface area contributed by atoms with E-state index in [0.717, 1.165) is 28.9 Å². The summed E-state index contributed by atoms with van der Waals surface area (Å²) in [4.78, 5) is 18.3. The quantitative estimate of drug-likeness (QED) is 0.802. The van der Waals surface area contributed by atoms with E-state index in [1.807, 2.05) is 26.8 Å². The Balaban J connectivity index is 2.04. The fraction of sp³-hybridized carbons (Fsp3) is 0.647. The van der Waals surface area contributed by atoms with Crippen LogP contribution in [-0.4, -0.2) is 57.0 Å². The maximum absolute atomic E-state index is 12.6. The first-order chi connectivity index (χ1) is 13.0. The van der Waals surface area contributed by atoms with Crippen LogP contribution in [0.3, 0.4) is 0 Å². The van der Waals surface area contributed by atoms with Gasteiger partial charge in [0.05, 0.1) is 5.69 Å². The van der Waals surface area contributed by atoms with Crippen LogP contribution in [0.2, 0.25) is 0 Å². The van der Waals surface area contributed by atoms with E-state index in [0.29, 0.717) is 19.0 Å². The van der Waals surface area contributed by atoms with Gasteiger partial charge in [0.15, 0.2) is 0 Å². The molecule has 0 aliphatic heterocycles. The topological polar surface area (TPSA) is 106 Å². The molecule has 2 aromatic rings. The lowest BCUT2D eigenvalue weighted by atomic mass is 9.87. The molecule has 1 fully saturated rings. The van der Waals surface area contributed by atoms with Crippen molar-refractivity contribution in [2.75, 3.05) is 13.1 Å². The number of aromatic amines is 1. The van der Waals surface area contributed by atoms with Gasteiger partial charge in [-0.2, -0.15) is 23.2 Å². The van der Waals surface area contributed by atoms with Crippen LogP contribution in [0.4, 0.5) is 4.79 Å². The van der Waals surface area contributed by atoms with Crippen molar-refractivity contribution in [3.05, 3.63) is 22.2 Å². The molecule has 0 unspecified atom stereocenters. The number of nitrogens with zero attached hydrogens (tertiary/aromatic N) is 5. The smallest absolute Gasteiger partial charge is 0.323 e. The van der Waals surface area contributed by atoms with Gasteiger partial charge in [0, 0.05) is 24.7 Å². The van der Waals surface area contributed by atoms with Gasteiger partial charge in [-0.25, -0.2) is 9.48 Å². The molecule has 0 bridgehead atoms. The van der Waals surface area contributed by atoms with E-state index in [-0.39, 0.29) is 10.7 Å². The number of aryl methyl sites for hydroxylation is 1. The molecule has 148 valence electrons. The molecular weight excluding hydrogens is 368 g/mol. The van der Waals surface area contributed by atoms with Gasteiger partial charge < -0.3 is 4.90 Å². The van der Waals surface area contributed by atoms with Crippen molar-refractivity contribution >= 4 is 16.3 Å². The first kappa shape index (κ1) is 19.4. The second-order valence-corrected chi connectivity index (χ2v) is 7.65. The van der Waals surface area contributed by atoms with Crippen molar-refractivity contribution in [3.63, 3.8) is 0 Å². The highest BCUT2D eigenvalue weighted by Gasteiger charge is 2.22. The third-order valence-electron chi connectivity index (χ3n) is 5.11. The van der Waals surface area contributed by atoms with Crippen molar-refractivity contribution in [2.24, 2.45) is 0 Å². The zero-order valence-corrected chi connectivity index (χ0v) is 16.8. The molecule has 0 saturated heterocycles. The highest BCUT2D eigenvalue weighted by molar-refractivity contribution is 7.63. The third kappa shape index (κ3) is 3.85. The average Bonchev–Trinajstić information content (AvgIpc) is 3.27. The minimum Gasteiger partial charge on any atom is -0.323 e. The Labute approximate surface area is 159 Å². The summed E-state index contributed by atoms with van der Waals surface area (Å²) in [5.74, 6) is 0.639. The standard InChI is InChI=1S/C17H26N6O3S/c1-4-21(5-2)17(24)23-16(27(25)26)18-15(20-23)22-12(3)11-14(19-22)13-9-7-6-8-10-13/h11,13H,4-10H2,1-3H3,(H,18,20). The molecule has 27 heavy (non-hydrogen) atoms. The first-order valence-corrected chi connectivity index (χ1v) is 10.5. The number of rotatable bonds is 4. The summed E-state index contributed by atoms with van der Waals surface area (Å²) in [6, 6.07) is 1.55. The first-order valence-electron chi connectivity index (χ1n) is 9.43. The summed E-state index contributed by atoms with van der Waals surface area (Å²) in [5, 5.41) is 7.45. The Bertz CT molecular complexity index is 982. The van der Waals surface area contributed by atoms with Crippen molar-refractivity contribution in [1.82, 2.24) is 29.4 Å². The van der Waals surface area contributed by atoms with Gasteiger partial charge in [-0.3, -0.25) is 5.10 Å². The fourth-order valence-corrected chi connectivity index (χ4v) is 4.03. The summed E-state index contributed by atoms with van der Waals surface area (Å²) in [6.45, 7) is 6.50. The van der Waals surface area contributed by atoms with Gasteiger partial charge in [-0.15, -0.1) is 0 Å². The molecule has 1 amide bonds. The summed E-state index contributed by atoms with van der Waals surface area (Å²) in [7, 11) is -2.66. The summed E-state index contributed by atoms with van der Waals surface area (Å²) in [5.41, 5.74) is 1.84. The number of aromatic nitrogens is 5. The Morgan fingerprint density at radius 1 is 1.26 bits per heavy atom. The van der Waals surface area contributed by atoms with E-state index in [1.54, 1.807) is 4.68 Å². The zero-order chi connectivity index (χ0) is 19.6. The highest BCUT2D eigenvalue weighted by atomic mass is 32.2. The maximum Gasteiger partial charge on any atom is 0.345 e. The fourth-order valence-electron chi connectivity index (χ4n) is 3.60. The van der Waals surface area contributed by atoms with Crippen LogP contribution >= 0.6 is 0 Å². The molecule has 0 spiro atoms. The SMILES string of the molecule is CCN(CC)C(=O)n1[nH]c(-n2nc(C3CCCCC3)cc2C)nc1=S(=O)=O. The second-order valence-electron chi connectivity index (χ2n) is 6.81.